The van der Waals surface area contributed by atoms with Crippen LogP contribution in [-0.4, -0.2) is 6.04 Å². The van der Waals surface area contributed by atoms with Gasteiger partial charge in [-0.3, -0.25) is 0 Å². The predicted molar refractivity (Wildman–Crippen MR) is 73.9 cm³/mol. The summed E-state index contributed by atoms with van der Waals surface area (Å²) in [6.45, 7) is 2.25. The van der Waals surface area contributed by atoms with Gasteiger partial charge in [-0.15, -0.1) is 0 Å². The molecule has 0 heterocycles. The van der Waals surface area contributed by atoms with Crippen LogP contribution >= 0.6 is 15.9 Å². The molecule has 0 bridgehead atoms. The summed E-state index contributed by atoms with van der Waals surface area (Å²) < 4.78 is 0.974. The van der Waals surface area contributed by atoms with Gasteiger partial charge in [0, 0.05) is 16.2 Å². The van der Waals surface area contributed by atoms with Crippen LogP contribution in [0.1, 0.15) is 38.2 Å². The Labute approximate surface area is 111 Å². The van der Waals surface area contributed by atoms with Gasteiger partial charge in [-0.05, 0) is 59.8 Å². The molecule has 0 aromatic heterocycles. The summed E-state index contributed by atoms with van der Waals surface area (Å²) in [4.78, 5) is 0. The normalized spacial score (nSPS) is 17.7. The van der Waals surface area contributed by atoms with Gasteiger partial charge in [0.1, 0.15) is 0 Å². The molecule has 1 fully saturated rings. The topological polar surface area (TPSA) is 35.8 Å². The minimum absolute atomic E-state index is 0.502. The molecule has 1 aliphatic carbocycles. The third kappa shape index (κ3) is 3.01. The van der Waals surface area contributed by atoms with Crippen molar-refractivity contribution in [3.8, 4) is 6.07 Å². The van der Waals surface area contributed by atoms with E-state index < -0.39 is 0 Å². The highest BCUT2D eigenvalue weighted by molar-refractivity contribution is 9.10. The highest BCUT2D eigenvalue weighted by atomic mass is 79.9. The molecule has 1 N–H and O–H groups in total. The molecule has 90 valence electrons. The Hall–Kier alpha value is -1.01. The van der Waals surface area contributed by atoms with Crippen molar-refractivity contribution < 1.29 is 0 Å². The van der Waals surface area contributed by atoms with Crippen LogP contribution in [0, 0.1) is 17.2 Å². The molecule has 1 saturated carbocycles. The number of nitrogens with zero attached hydrogens (tertiary/aromatic N) is 1. The molecule has 17 heavy (non-hydrogen) atoms. The fourth-order valence-electron chi connectivity index (χ4n) is 2.52. The van der Waals surface area contributed by atoms with E-state index in [2.05, 4.69) is 34.2 Å². The predicted octanol–water partition coefficient (Wildman–Crippen LogP) is 4.31. The van der Waals surface area contributed by atoms with Crippen molar-refractivity contribution in [3.05, 3.63) is 28.2 Å². The zero-order valence-corrected chi connectivity index (χ0v) is 11.6. The van der Waals surface area contributed by atoms with Gasteiger partial charge in [0.25, 0.3) is 0 Å². The van der Waals surface area contributed by atoms with E-state index in [4.69, 9.17) is 5.26 Å². The Morgan fingerprint density at radius 1 is 1.41 bits per heavy atom. The SMILES string of the molecule is CC(Nc1ccc(C#N)cc1Br)C1CCCC1. The van der Waals surface area contributed by atoms with Crippen molar-refractivity contribution in [2.24, 2.45) is 5.92 Å². The molecule has 2 nitrogen and oxygen atoms in total. The number of hydrogen-bond acceptors (Lipinski definition) is 2. The number of hydrogen-bond donors (Lipinski definition) is 1. The van der Waals surface area contributed by atoms with Gasteiger partial charge in [-0.2, -0.15) is 5.26 Å². The number of rotatable bonds is 3. The lowest BCUT2D eigenvalue weighted by molar-refractivity contribution is 0.482. The van der Waals surface area contributed by atoms with Gasteiger partial charge in [-0.1, -0.05) is 12.8 Å². The summed E-state index contributed by atoms with van der Waals surface area (Å²) in [6, 6.07) is 8.35. The van der Waals surface area contributed by atoms with E-state index in [1.54, 1.807) is 0 Å². The van der Waals surface area contributed by atoms with Crippen molar-refractivity contribution in [2.45, 2.75) is 38.6 Å². The molecule has 1 atom stereocenters. The molecule has 1 aromatic carbocycles. The number of benzene rings is 1. The van der Waals surface area contributed by atoms with Gasteiger partial charge in [-0.25, -0.2) is 0 Å². The fourth-order valence-corrected chi connectivity index (χ4v) is 3.02. The number of nitriles is 1. The molecule has 0 spiro atoms. The van der Waals surface area contributed by atoms with Crippen LogP contribution in [-0.2, 0) is 0 Å². The maximum absolute atomic E-state index is 8.82. The van der Waals surface area contributed by atoms with E-state index in [9.17, 15) is 0 Å². The Morgan fingerprint density at radius 2 is 2.12 bits per heavy atom. The van der Waals surface area contributed by atoms with Crippen molar-refractivity contribution in [3.63, 3.8) is 0 Å². The van der Waals surface area contributed by atoms with E-state index in [0.29, 0.717) is 11.6 Å². The molecule has 0 aliphatic heterocycles. The van der Waals surface area contributed by atoms with E-state index in [0.717, 1.165) is 16.1 Å². The molecule has 0 saturated heterocycles. The lowest BCUT2D eigenvalue weighted by atomic mass is 9.99. The van der Waals surface area contributed by atoms with Crippen LogP contribution in [0.25, 0.3) is 0 Å². The standard InChI is InChI=1S/C14H17BrN2/c1-10(12-4-2-3-5-12)17-14-7-6-11(9-16)8-13(14)15/h6-8,10,12,17H,2-5H2,1H3. The van der Waals surface area contributed by atoms with Crippen LogP contribution in [0.4, 0.5) is 5.69 Å². The Bertz CT molecular complexity index is 430. The Balaban J connectivity index is 2.05. The first kappa shape index (κ1) is 12.4. The number of anilines is 1. The summed E-state index contributed by atoms with van der Waals surface area (Å²) in [6.07, 6.45) is 5.40. The summed E-state index contributed by atoms with van der Waals surface area (Å²) in [5, 5.41) is 12.4. The largest absolute Gasteiger partial charge is 0.381 e. The first-order valence-electron chi connectivity index (χ1n) is 6.17. The first-order valence-corrected chi connectivity index (χ1v) is 6.96. The summed E-state index contributed by atoms with van der Waals surface area (Å²) in [7, 11) is 0. The molecule has 0 radical (unpaired) electrons. The van der Waals surface area contributed by atoms with Gasteiger partial charge in [0.15, 0.2) is 0 Å². The van der Waals surface area contributed by atoms with Gasteiger partial charge in [0.2, 0.25) is 0 Å². The lowest BCUT2D eigenvalue weighted by Gasteiger charge is -2.22. The van der Waals surface area contributed by atoms with E-state index >= 15 is 0 Å². The molecule has 1 aliphatic rings. The Kier molecular flexibility index (Phi) is 4.06. The fraction of sp³-hybridized carbons (Fsp3) is 0.500. The Morgan fingerprint density at radius 3 is 2.71 bits per heavy atom. The van der Waals surface area contributed by atoms with Crippen molar-refractivity contribution in [2.75, 3.05) is 5.32 Å². The smallest absolute Gasteiger partial charge is 0.0992 e. The minimum Gasteiger partial charge on any atom is -0.381 e. The van der Waals surface area contributed by atoms with E-state index in [-0.39, 0.29) is 0 Å². The van der Waals surface area contributed by atoms with Crippen molar-refractivity contribution >= 4 is 21.6 Å². The zero-order valence-electron chi connectivity index (χ0n) is 10.0. The first-order chi connectivity index (χ1) is 8.20. The second-order valence-corrected chi connectivity index (χ2v) is 5.64. The quantitative estimate of drug-likeness (QED) is 0.901. The average Bonchev–Trinajstić information content (AvgIpc) is 2.85. The van der Waals surface area contributed by atoms with Crippen LogP contribution in [0.2, 0.25) is 0 Å². The summed E-state index contributed by atoms with van der Waals surface area (Å²) >= 11 is 3.51. The maximum atomic E-state index is 8.82. The molecule has 1 unspecified atom stereocenters. The second kappa shape index (κ2) is 5.55. The minimum atomic E-state index is 0.502. The van der Waals surface area contributed by atoms with Gasteiger partial charge in [0.05, 0.1) is 11.6 Å². The third-order valence-electron chi connectivity index (χ3n) is 3.59. The maximum Gasteiger partial charge on any atom is 0.0992 e. The number of nitrogens with one attached hydrogen (secondary N) is 1. The monoisotopic (exact) mass is 292 g/mol. The zero-order chi connectivity index (χ0) is 12.3. The molecule has 1 aromatic rings. The van der Waals surface area contributed by atoms with Crippen LogP contribution < -0.4 is 5.32 Å². The highest BCUT2D eigenvalue weighted by Gasteiger charge is 2.21. The number of halogens is 1. The molecular weight excluding hydrogens is 276 g/mol. The summed E-state index contributed by atoms with van der Waals surface area (Å²) in [5.41, 5.74) is 1.78. The van der Waals surface area contributed by atoms with Crippen LogP contribution in [0.3, 0.4) is 0 Å². The van der Waals surface area contributed by atoms with Crippen LogP contribution in [0.15, 0.2) is 22.7 Å². The molecule has 3 heteroatoms. The average molecular weight is 293 g/mol. The third-order valence-corrected chi connectivity index (χ3v) is 4.24. The summed E-state index contributed by atoms with van der Waals surface area (Å²) in [5.74, 6) is 0.789. The highest BCUT2D eigenvalue weighted by Crippen LogP contribution is 2.31. The van der Waals surface area contributed by atoms with E-state index in [1.807, 2.05) is 18.2 Å². The lowest BCUT2D eigenvalue weighted by Crippen LogP contribution is -2.23. The molecule has 0 amide bonds. The van der Waals surface area contributed by atoms with Crippen LogP contribution in [0.5, 0.6) is 0 Å². The second-order valence-electron chi connectivity index (χ2n) is 4.78. The molecular formula is C14H17BrN2. The van der Waals surface area contributed by atoms with Crippen molar-refractivity contribution in [1.82, 2.24) is 0 Å². The van der Waals surface area contributed by atoms with E-state index in [1.165, 1.54) is 25.7 Å². The van der Waals surface area contributed by atoms with Gasteiger partial charge < -0.3 is 5.32 Å². The molecule has 2 rings (SSSR count). The van der Waals surface area contributed by atoms with Gasteiger partial charge >= 0.3 is 0 Å². The van der Waals surface area contributed by atoms with Crippen molar-refractivity contribution in [1.29, 1.82) is 5.26 Å².